The zero-order valence-corrected chi connectivity index (χ0v) is 13.2. The van der Waals surface area contributed by atoms with E-state index >= 15 is 0 Å². The van der Waals surface area contributed by atoms with Crippen molar-refractivity contribution in [3.8, 4) is 22.5 Å². The molecule has 2 aromatic carbocycles. The number of hydrogen-bond acceptors (Lipinski definition) is 1. The third kappa shape index (κ3) is 1.87. The first-order valence-electron chi connectivity index (χ1n) is 7.68. The molecular weight excluding hydrogens is 268 g/mol. The molecule has 0 aliphatic heterocycles. The van der Waals surface area contributed by atoms with Gasteiger partial charge in [0.05, 0.1) is 12.6 Å². The summed E-state index contributed by atoms with van der Waals surface area (Å²) in [5.74, 6) is 0. The van der Waals surface area contributed by atoms with Crippen LogP contribution in [-0.2, 0) is 13.5 Å². The van der Waals surface area contributed by atoms with Gasteiger partial charge in [0.2, 0.25) is 0 Å². The van der Waals surface area contributed by atoms with Crippen molar-refractivity contribution < 1.29 is 4.57 Å². The van der Waals surface area contributed by atoms with E-state index < -0.39 is 0 Å². The Morgan fingerprint density at radius 2 is 1.82 bits per heavy atom. The third-order valence-electron chi connectivity index (χ3n) is 4.57. The number of aryl methyl sites for hydroxylation is 3. The van der Waals surface area contributed by atoms with Crippen molar-refractivity contribution in [2.24, 2.45) is 7.05 Å². The summed E-state index contributed by atoms with van der Waals surface area (Å²) in [7, 11) is 2.09. The first-order chi connectivity index (χ1) is 10.6. The van der Waals surface area contributed by atoms with E-state index in [4.69, 9.17) is 4.98 Å². The normalized spacial score (nSPS) is 12.1. The van der Waals surface area contributed by atoms with E-state index in [2.05, 4.69) is 67.9 Å². The predicted octanol–water partition coefficient (Wildman–Crippen LogP) is 3.76. The Kier molecular flexibility index (Phi) is 2.86. The van der Waals surface area contributed by atoms with Crippen molar-refractivity contribution in [3.05, 3.63) is 71.0 Å². The minimum atomic E-state index is 0.968. The maximum absolute atomic E-state index is 4.70. The van der Waals surface area contributed by atoms with Crippen molar-refractivity contribution >= 4 is 0 Å². The molecule has 0 amide bonds. The fraction of sp³-hybridized carbons (Fsp3) is 0.200. The molecule has 0 bridgehead atoms. The Bertz CT molecular complexity index is 894. The number of hydrogen-bond donors (Lipinski definition) is 0. The van der Waals surface area contributed by atoms with Crippen LogP contribution < -0.4 is 4.57 Å². The van der Waals surface area contributed by atoms with Crippen LogP contribution in [0.15, 0.2) is 48.8 Å². The molecule has 108 valence electrons. The Morgan fingerprint density at radius 3 is 2.68 bits per heavy atom. The van der Waals surface area contributed by atoms with Crippen LogP contribution >= 0.6 is 0 Å². The lowest BCUT2D eigenvalue weighted by Gasteiger charge is -2.10. The molecule has 0 unspecified atom stereocenters. The average Bonchev–Trinajstić information content (AvgIpc) is 2.88. The number of aromatic nitrogens is 2. The molecule has 1 aliphatic rings. The van der Waals surface area contributed by atoms with Crippen LogP contribution in [0.4, 0.5) is 0 Å². The van der Waals surface area contributed by atoms with E-state index in [9.17, 15) is 0 Å². The molecule has 4 rings (SSSR count). The van der Waals surface area contributed by atoms with Crippen LogP contribution in [0.5, 0.6) is 0 Å². The van der Waals surface area contributed by atoms with Crippen molar-refractivity contribution in [1.82, 2.24) is 4.98 Å². The summed E-state index contributed by atoms with van der Waals surface area (Å²) in [4.78, 5) is 4.70. The molecule has 0 saturated heterocycles. The minimum absolute atomic E-state index is 0.968. The largest absolute Gasteiger partial charge is 0.287 e. The SMILES string of the molecule is Cc1ccc(C)c(-c2c3c(nc[n+]2C)-c2ccccc2C3)c1. The maximum Gasteiger partial charge on any atom is 0.287 e. The van der Waals surface area contributed by atoms with Gasteiger partial charge in [-0.2, -0.15) is 0 Å². The van der Waals surface area contributed by atoms with E-state index in [1.165, 1.54) is 39.1 Å². The summed E-state index contributed by atoms with van der Waals surface area (Å²) in [5.41, 5.74) is 10.4. The lowest BCUT2D eigenvalue weighted by atomic mass is 9.98. The van der Waals surface area contributed by atoms with Gasteiger partial charge in [-0.25, -0.2) is 4.57 Å². The molecule has 22 heavy (non-hydrogen) atoms. The molecule has 0 radical (unpaired) electrons. The maximum atomic E-state index is 4.70. The van der Waals surface area contributed by atoms with Crippen molar-refractivity contribution in [2.45, 2.75) is 20.3 Å². The Morgan fingerprint density at radius 1 is 1.00 bits per heavy atom. The first-order valence-corrected chi connectivity index (χ1v) is 7.68. The molecule has 0 saturated carbocycles. The van der Waals surface area contributed by atoms with Gasteiger partial charge in [-0.15, -0.1) is 0 Å². The molecule has 2 nitrogen and oxygen atoms in total. The van der Waals surface area contributed by atoms with Gasteiger partial charge in [-0.1, -0.05) is 42.0 Å². The van der Waals surface area contributed by atoms with Crippen molar-refractivity contribution in [3.63, 3.8) is 0 Å². The van der Waals surface area contributed by atoms with Crippen molar-refractivity contribution in [2.75, 3.05) is 0 Å². The van der Waals surface area contributed by atoms with Gasteiger partial charge in [-0.3, -0.25) is 0 Å². The highest BCUT2D eigenvalue weighted by Gasteiger charge is 2.30. The molecule has 2 heteroatoms. The zero-order chi connectivity index (χ0) is 15.3. The molecule has 1 heterocycles. The molecule has 0 atom stereocenters. The summed E-state index contributed by atoms with van der Waals surface area (Å²) in [6, 6.07) is 15.3. The van der Waals surface area contributed by atoms with E-state index in [1.807, 2.05) is 6.33 Å². The molecular formula is C20H19N2+. The van der Waals surface area contributed by atoms with Gasteiger partial charge in [-0.05, 0) is 36.0 Å². The highest BCUT2D eigenvalue weighted by atomic mass is 15.0. The van der Waals surface area contributed by atoms with E-state index in [1.54, 1.807) is 0 Å². The Balaban J connectivity index is 2.01. The van der Waals surface area contributed by atoms with Crippen LogP contribution in [-0.4, -0.2) is 4.98 Å². The monoisotopic (exact) mass is 287 g/mol. The number of rotatable bonds is 1. The fourth-order valence-electron chi connectivity index (χ4n) is 3.44. The second-order valence-electron chi connectivity index (χ2n) is 6.18. The van der Waals surface area contributed by atoms with Crippen LogP contribution in [0.2, 0.25) is 0 Å². The van der Waals surface area contributed by atoms with Crippen LogP contribution in [0, 0.1) is 13.8 Å². The topological polar surface area (TPSA) is 16.8 Å². The summed E-state index contributed by atoms with van der Waals surface area (Å²) < 4.78 is 2.16. The molecule has 3 aromatic rings. The second-order valence-corrected chi connectivity index (χ2v) is 6.18. The zero-order valence-electron chi connectivity index (χ0n) is 13.2. The lowest BCUT2D eigenvalue weighted by molar-refractivity contribution is -0.663. The Labute approximate surface area is 131 Å². The number of fused-ring (bicyclic) bond motifs is 3. The third-order valence-corrected chi connectivity index (χ3v) is 4.57. The highest BCUT2D eigenvalue weighted by molar-refractivity contribution is 5.80. The van der Waals surface area contributed by atoms with Gasteiger partial charge in [0.15, 0.2) is 5.69 Å². The molecule has 0 spiro atoms. The van der Waals surface area contributed by atoms with Crippen LogP contribution in [0.3, 0.4) is 0 Å². The van der Waals surface area contributed by atoms with Gasteiger partial charge >= 0.3 is 0 Å². The van der Waals surface area contributed by atoms with Crippen LogP contribution in [0.1, 0.15) is 22.3 Å². The van der Waals surface area contributed by atoms with Crippen LogP contribution in [0.25, 0.3) is 22.5 Å². The molecule has 0 N–H and O–H groups in total. The first kappa shape index (κ1) is 13.2. The summed E-state index contributed by atoms with van der Waals surface area (Å²) in [5, 5.41) is 0. The van der Waals surface area contributed by atoms with E-state index in [0.29, 0.717) is 0 Å². The quantitative estimate of drug-likeness (QED) is 0.487. The standard InChI is InChI=1S/C20H19N2/c1-13-8-9-14(2)17(10-13)20-18-11-15-6-4-5-7-16(15)19(18)21-12-22(20)3/h4-10,12H,11H2,1-3H3/q+1. The average molecular weight is 287 g/mol. The predicted molar refractivity (Wildman–Crippen MR) is 88.6 cm³/mol. The van der Waals surface area contributed by atoms with Gasteiger partial charge < -0.3 is 0 Å². The number of benzene rings is 2. The molecule has 1 aromatic heterocycles. The summed E-state index contributed by atoms with van der Waals surface area (Å²) in [6.45, 7) is 4.34. The lowest BCUT2D eigenvalue weighted by Crippen LogP contribution is -2.33. The molecule has 1 aliphatic carbocycles. The van der Waals surface area contributed by atoms with Gasteiger partial charge in [0, 0.05) is 17.5 Å². The van der Waals surface area contributed by atoms with Gasteiger partial charge in [0.1, 0.15) is 5.69 Å². The minimum Gasteiger partial charge on any atom is -0.232 e. The fourth-order valence-corrected chi connectivity index (χ4v) is 3.44. The van der Waals surface area contributed by atoms with E-state index in [-0.39, 0.29) is 0 Å². The van der Waals surface area contributed by atoms with E-state index in [0.717, 1.165) is 12.1 Å². The second kappa shape index (κ2) is 4.77. The smallest absolute Gasteiger partial charge is 0.232 e. The number of nitrogens with zero attached hydrogens (tertiary/aromatic N) is 2. The van der Waals surface area contributed by atoms with Crippen molar-refractivity contribution in [1.29, 1.82) is 0 Å². The Hall–Kier alpha value is -2.48. The summed E-state index contributed by atoms with van der Waals surface area (Å²) in [6.07, 6.45) is 2.91. The van der Waals surface area contributed by atoms with Gasteiger partial charge in [0.25, 0.3) is 6.33 Å². The highest BCUT2D eigenvalue weighted by Crippen LogP contribution is 2.39. The summed E-state index contributed by atoms with van der Waals surface area (Å²) >= 11 is 0. The molecule has 0 fully saturated rings.